The van der Waals surface area contributed by atoms with E-state index in [-0.39, 0.29) is 34.2 Å². The molecule has 0 aromatic heterocycles. The van der Waals surface area contributed by atoms with E-state index in [2.05, 4.69) is 5.32 Å². The molecule has 0 fully saturated rings. The molecule has 0 spiro atoms. The van der Waals surface area contributed by atoms with Gasteiger partial charge in [-0.1, -0.05) is 44.0 Å². The smallest absolute Gasteiger partial charge is 0.227 e. The lowest BCUT2D eigenvalue weighted by Crippen LogP contribution is -2.24. The maximum absolute atomic E-state index is 11.8. The van der Waals surface area contributed by atoms with Crippen LogP contribution in [0, 0.1) is 11.8 Å². The molecule has 0 heterocycles. The van der Waals surface area contributed by atoms with Gasteiger partial charge in [-0.25, -0.2) is 0 Å². The first-order valence-corrected chi connectivity index (χ1v) is 6.07. The zero-order chi connectivity index (χ0) is 13.2. The normalized spacial score (nSPS) is 12.6. The number of phenolic OH excluding ortho intramolecular Hbond substituents is 1. The van der Waals surface area contributed by atoms with Crippen LogP contribution < -0.4 is 5.32 Å². The second-order valence-electron chi connectivity index (χ2n) is 4.31. The third-order valence-electron chi connectivity index (χ3n) is 2.70. The van der Waals surface area contributed by atoms with Crippen LogP contribution in [0.4, 0.5) is 5.69 Å². The molecule has 0 bridgehead atoms. The van der Waals surface area contributed by atoms with Gasteiger partial charge in [0.2, 0.25) is 5.91 Å². The van der Waals surface area contributed by atoms with Gasteiger partial charge in [0.25, 0.3) is 0 Å². The fourth-order valence-corrected chi connectivity index (χ4v) is 1.70. The minimum Gasteiger partial charge on any atom is -0.504 e. The minimum absolute atomic E-state index is 0.116. The van der Waals surface area contributed by atoms with Gasteiger partial charge in [-0.15, -0.1) is 0 Å². The number of phenols is 1. The number of anilines is 1. The van der Waals surface area contributed by atoms with Gasteiger partial charge in [-0.2, -0.15) is 0 Å². The molecule has 1 unspecified atom stereocenters. The van der Waals surface area contributed by atoms with Crippen molar-refractivity contribution in [2.45, 2.75) is 20.8 Å². The van der Waals surface area contributed by atoms with Crippen molar-refractivity contribution in [1.82, 2.24) is 0 Å². The summed E-state index contributed by atoms with van der Waals surface area (Å²) in [6.07, 6.45) is 0. The molecule has 94 valence electrons. The lowest BCUT2D eigenvalue weighted by Gasteiger charge is -2.16. The minimum atomic E-state index is -0.173. The molecule has 0 aliphatic heterocycles. The van der Waals surface area contributed by atoms with E-state index < -0.39 is 0 Å². The Bertz CT molecular complexity index is 433. The van der Waals surface area contributed by atoms with Gasteiger partial charge in [0.05, 0.1) is 10.7 Å². The summed E-state index contributed by atoms with van der Waals surface area (Å²) < 4.78 is 0. The first-order valence-electron chi connectivity index (χ1n) is 5.31. The fourth-order valence-electron chi connectivity index (χ4n) is 1.21. The third-order valence-corrected chi connectivity index (χ3v) is 3.21. The summed E-state index contributed by atoms with van der Waals surface area (Å²) in [7, 11) is 0. The van der Waals surface area contributed by atoms with Crippen molar-refractivity contribution in [1.29, 1.82) is 0 Å². The first-order chi connectivity index (χ1) is 7.82. The predicted octanol–water partition coefficient (Wildman–Crippen LogP) is 3.93. The summed E-state index contributed by atoms with van der Waals surface area (Å²) >= 11 is 11.6. The Labute approximate surface area is 111 Å². The van der Waals surface area contributed by atoms with Gasteiger partial charge >= 0.3 is 0 Å². The molecule has 1 aromatic rings. The average Bonchev–Trinajstić information content (AvgIpc) is 2.23. The number of hydrogen-bond acceptors (Lipinski definition) is 2. The molecular weight excluding hydrogens is 261 g/mol. The van der Waals surface area contributed by atoms with E-state index >= 15 is 0 Å². The van der Waals surface area contributed by atoms with Crippen LogP contribution >= 0.6 is 23.2 Å². The van der Waals surface area contributed by atoms with Crippen LogP contribution in [0.3, 0.4) is 0 Å². The van der Waals surface area contributed by atoms with Crippen molar-refractivity contribution < 1.29 is 9.90 Å². The van der Waals surface area contributed by atoms with Crippen LogP contribution in [0.1, 0.15) is 20.8 Å². The number of rotatable bonds is 3. The van der Waals surface area contributed by atoms with Crippen LogP contribution in [0.2, 0.25) is 10.0 Å². The molecule has 5 heteroatoms. The van der Waals surface area contributed by atoms with E-state index in [0.29, 0.717) is 5.02 Å². The highest BCUT2D eigenvalue weighted by molar-refractivity contribution is 6.36. The van der Waals surface area contributed by atoms with E-state index in [9.17, 15) is 9.90 Å². The molecule has 0 radical (unpaired) electrons. The Kier molecular flexibility index (Phi) is 4.66. The highest BCUT2D eigenvalue weighted by atomic mass is 35.5. The number of benzene rings is 1. The summed E-state index contributed by atoms with van der Waals surface area (Å²) in [6.45, 7) is 5.73. The first kappa shape index (κ1) is 14.1. The Morgan fingerprint density at radius 3 is 2.41 bits per heavy atom. The van der Waals surface area contributed by atoms with Crippen molar-refractivity contribution in [3.8, 4) is 5.75 Å². The van der Waals surface area contributed by atoms with Gasteiger partial charge in [-0.3, -0.25) is 4.79 Å². The van der Waals surface area contributed by atoms with Crippen molar-refractivity contribution in [3.05, 3.63) is 22.2 Å². The molecule has 17 heavy (non-hydrogen) atoms. The monoisotopic (exact) mass is 275 g/mol. The van der Waals surface area contributed by atoms with Gasteiger partial charge in [0, 0.05) is 10.9 Å². The van der Waals surface area contributed by atoms with Gasteiger partial charge in [-0.05, 0) is 18.1 Å². The summed E-state index contributed by atoms with van der Waals surface area (Å²) in [5.74, 6) is -0.284. The zero-order valence-corrected chi connectivity index (χ0v) is 11.4. The second-order valence-corrected chi connectivity index (χ2v) is 5.15. The Morgan fingerprint density at radius 1 is 1.29 bits per heavy atom. The third kappa shape index (κ3) is 3.51. The van der Waals surface area contributed by atoms with Crippen LogP contribution in [-0.4, -0.2) is 11.0 Å². The molecular formula is C12H15Cl2NO2. The molecule has 1 amide bonds. The topological polar surface area (TPSA) is 49.3 Å². The van der Waals surface area contributed by atoms with Crippen LogP contribution in [-0.2, 0) is 4.79 Å². The lowest BCUT2D eigenvalue weighted by molar-refractivity contribution is -0.120. The van der Waals surface area contributed by atoms with Crippen LogP contribution in [0.5, 0.6) is 5.75 Å². The fraction of sp³-hybridized carbons (Fsp3) is 0.417. The van der Waals surface area contributed by atoms with Crippen LogP contribution in [0.25, 0.3) is 0 Å². The standard InChI is InChI=1S/C12H15Cl2NO2/c1-6(2)7(3)12(17)15-10-5-8(13)4-9(14)11(10)16/h4-7,16H,1-3H3,(H,15,17). The maximum atomic E-state index is 11.8. The largest absolute Gasteiger partial charge is 0.504 e. The highest BCUT2D eigenvalue weighted by Crippen LogP contribution is 2.35. The molecule has 1 atom stereocenters. The summed E-state index contributed by atoms with van der Waals surface area (Å²) in [5.41, 5.74) is 0.236. The summed E-state index contributed by atoms with van der Waals surface area (Å²) in [4.78, 5) is 11.8. The van der Waals surface area contributed by atoms with E-state index in [0.717, 1.165) is 0 Å². The maximum Gasteiger partial charge on any atom is 0.227 e. The lowest BCUT2D eigenvalue weighted by atomic mass is 9.97. The zero-order valence-electron chi connectivity index (χ0n) is 9.92. The van der Waals surface area contributed by atoms with Crippen molar-refractivity contribution in [3.63, 3.8) is 0 Å². The number of carbonyl (C=O) groups excluding carboxylic acids is 1. The van der Waals surface area contributed by atoms with Gasteiger partial charge < -0.3 is 10.4 Å². The molecule has 1 rings (SSSR count). The van der Waals surface area contributed by atoms with E-state index in [4.69, 9.17) is 23.2 Å². The number of aromatic hydroxyl groups is 1. The number of nitrogens with one attached hydrogen (secondary N) is 1. The molecule has 0 aliphatic carbocycles. The Balaban J connectivity index is 2.92. The molecule has 1 aromatic carbocycles. The highest BCUT2D eigenvalue weighted by Gasteiger charge is 2.18. The van der Waals surface area contributed by atoms with Crippen molar-refractivity contribution in [2.75, 3.05) is 5.32 Å². The summed E-state index contributed by atoms with van der Waals surface area (Å²) in [5, 5.41) is 12.8. The van der Waals surface area contributed by atoms with E-state index in [1.165, 1.54) is 12.1 Å². The molecule has 3 nitrogen and oxygen atoms in total. The van der Waals surface area contributed by atoms with Crippen molar-refractivity contribution >= 4 is 34.8 Å². The Morgan fingerprint density at radius 2 is 1.88 bits per heavy atom. The second kappa shape index (κ2) is 5.61. The Hall–Kier alpha value is -0.930. The van der Waals surface area contributed by atoms with Crippen molar-refractivity contribution in [2.24, 2.45) is 11.8 Å². The number of halogens is 2. The average molecular weight is 276 g/mol. The molecule has 0 saturated carbocycles. The quantitative estimate of drug-likeness (QED) is 0.822. The number of amides is 1. The summed E-state index contributed by atoms with van der Waals surface area (Å²) in [6, 6.07) is 2.88. The van der Waals surface area contributed by atoms with E-state index in [1.807, 2.05) is 20.8 Å². The van der Waals surface area contributed by atoms with Gasteiger partial charge in [0.1, 0.15) is 0 Å². The SMILES string of the molecule is CC(C)C(C)C(=O)Nc1cc(Cl)cc(Cl)c1O. The molecule has 0 saturated heterocycles. The molecule has 0 aliphatic rings. The van der Waals surface area contributed by atoms with Crippen LogP contribution in [0.15, 0.2) is 12.1 Å². The number of carbonyl (C=O) groups is 1. The van der Waals surface area contributed by atoms with Gasteiger partial charge in [0.15, 0.2) is 5.75 Å². The predicted molar refractivity (Wildman–Crippen MR) is 70.8 cm³/mol. The van der Waals surface area contributed by atoms with E-state index in [1.54, 1.807) is 0 Å². The molecule has 2 N–H and O–H groups in total. The number of hydrogen-bond donors (Lipinski definition) is 2.